The van der Waals surface area contributed by atoms with E-state index in [0.717, 1.165) is 55.9 Å². The number of amides is 1. The zero-order valence-corrected chi connectivity index (χ0v) is 25.2. The Morgan fingerprint density at radius 1 is 1.16 bits per heavy atom. The van der Waals surface area contributed by atoms with Gasteiger partial charge in [0.1, 0.15) is 5.69 Å². The molecule has 0 bridgehead atoms. The molecular formula is C30H31ClF3N9O2. The molecule has 4 aromatic rings. The molecule has 0 radical (unpaired) electrons. The Kier molecular flexibility index (Phi) is 8.46. The van der Waals surface area contributed by atoms with E-state index in [1.54, 1.807) is 23.3 Å². The summed E-state index contributed by atoms with van der Waals surface area (Å²) in [4.78, 5) is 32.3. The average molecular weight is 642 g/mol. The minimum Gasteiger partial charge on any atom is -0.389 e. The molecule has 45 heavy (non-hydrogen) atoms. The van der Waals surface area contributed by atoms with Crippen LogP contribution in [0.3, 0.4) is 0 Å². The fraction of sp³-hybridized carbons (Fsp3) is 0.400. The predicted molar refractivity (Wildman–Crippen MR) is 161 cm³/mol. The normalized spacial score (nSPS) is 18.4. The molecule has 15 heteroatoms. The summed E-state index contributed by atoms with van der Waals surface area (Å²) < 4.78 is 43.5. The van der Waals surface area contributed by atoms with E-state index < -0.39 is 34.9 Å². The monoisotopic (exact) mass is 641 g/mol. The van der Waals surface area contributed by atoms with Crippen molar-refractivity contribution in [2.45, 2.75) is 63.3 Å². The number of aliphatic hydroxyl groups is 1. The summed E-state index contributed by atoms with van der Waals surface area (Å²) in [5.74, 6) is -1.13. The van der Waals surface area contributed by atoms with Gasteiger partial charge in [-0.25, -0.2) is 28.1 Å². The van der Waals surface area contributed by atoms with E-state index in [2.05, 4.69) is 47.5 Å². The van der Waals surface area contributed by atoms with E-state index in [1.807, 2.05) is 6.92 Å². The van der Waals surface area contributed by atoms with Crippen LogP contribution < -0.4 is 15.5 Å². The minimum absolute atomic E-state index is 0.185. The summed E-state index contributed by atoms with van der Waals surface area (Å²) in [6.45, 7) is 5.46. The molecule has 1 unspecified atom stereocenters. The lowest BCUT2D eigenvalue weighted by molar-refractivity contribution is 0.102. The standard InChI is InChI=1S/C30H31ClF3N9O2/c1-16(38-15-30(45)6-7-30)24-5-8-42(24)29-36-9-18(10-37-29)17(2)43-14-19(11-39-43)40-28(44)23-13-35-12-22(41-23)25-20(27(33)34)3-4-21(31)26(25)32/h3-4,9-14,16-17,24,27,38,45H,5-8,15H2,1-2H3,(H,40,44)/t16-,17?,24+/m1/s1. The summed E-state index contributed by atoms with van der Waals surface area (Å²) in [5.41, 5.74) is -0.996. The van der Waals surface area contributed by atoms with Gasteiger partial charge in [0.05, 0.1) is 46.6 Å². The fourth-order valence-corrected chi connectivity index (χ4v) is 5.40. The summed E-state index contributed by atoms with van der Waals surface area (Å²) >= 11 is 5.82. The lowest BCUT2D eigenvalue weighted by Gasteiger charge is -2.44. The van der Waals surface area contributed by atoms with Crippen LogP contribution >= 0.6 is 11.6 Å². The van der Waals surface area contributed by atoms with Gasteiger partial charge < -0.3 is 20.6 Å². The van der Waals surface area contributed by atoms with Crippen LogP contribution in [-0.2, 0) is 0 Å². The van der Waals surface area contributed by atoms with Crippen LogP contribution in [0, 0.1) is 5.82 Å². The first-order chi connectivity index (χ1) is 21.5. The van der Waals surface area contributed by atoms with Crippen molar-refractivity contribution in [3.8, 4) is 11.3 Å². The second-order valence-corrected chi connectivity index (χ2v) is 11.9. The number of nitrogens with zero attached hydrogens (tertiary/aromatic N) is 7. The molecular weight excluding hydrogens is 611 g/mol. The van der Waals surface area contributed by atoms with E-state index in [-0.39, 0.29) is 34.5 Å². The van der Waals surface area contributed by atoms with Gasteiger partial charge in [-0.1, -0.05) is 17.7 Å². The van der Waals surface area contributed by atoms with Crippen molar-refractivity contribution >= 4 is 29.1 Å². The van der Waals surface area contributed by atoms with Crippen LogP contribution in [0.4, 0.5) is 24.8 Å². The first kappa shape index (κ1) is 30.9. The number of alkyl halides is 2. The highest BCUT2D eigenvalue weighted by Crippen LogP contribution is 2.36. The summed E-state index contributed by atoms with van der Waals surface area (Å²) in [6.07, 6.45) is 8.50. The maximum Gasteiger partial charge on any atom is 0.275 e. The van der Waals surface area contributed by atoms with Crippen LogP contribution in [0.1, 0.15) is 67.2 Å². The van der Waals surface area contributed by atoms with Gasteiger partial charge >= 0.3 is 0 Å². The highest BCUT2D eigenvalue weighted by Gasteiger charge is 2.42. The Balaban J connectivity index is 1.10. The van der Waals surface area contributed by atoms with Crippen molar-refractivity contribution in [1.29, 1.82) is 0 Å². The fourth-order valence-electron chi connectivity index (χ4n) is 5.24. The van der Waals surface area contributed by atoms with E-state index in [9.17, 15) is 23.1 Å². The molecule has 0 spiro atoms. The number of carbonyl (C=O) groups excluding carboxylic acids is 1. The third-order valence-electron chi connectivity index (χ3n) is 8.36. The number of aromatic nitrogens is 6. The van der Waals surface area contributed by atoms with Gasteiger partial charge in [0, 0.05) is 60.5 Å². The number of benzene rings is 1. The Bertz CT molecular complexity index is 1700. The quantitative estimate of drug-likeness (QED) is 0.211. The van der Waals surface area contributed by atoms with Gasteiger partial charge in [0.25, 0.3) is 12.3 Å². The second-order valence-electron chi connectivity index (χ2n) is 11.5. The topological polar surface area (TPSA) is 134 Å². The number of anilines is 2. The maximum absolute atomic E-state index is 14.7. The smallest absolute Gasteiger partial charge is 0.275 e. The van der Waals surface area contributed by atoms with Crippen molar-refractivity contribution in [1.82, 2.24) is 35.0 Å². The molecule has 1 amide bonds. The van der Waals surface area contributed by atoms with Crippen molar-refractivity contribution in [2.24, 2.45) is 0 Å². The zero-order chi connectivity index (χ0) is 31.9. The average Bonchev–Trinajstić information content (AvgIpc) is 3.57. The first-order valence-electron chi connectivity index (χ1n) is 14.5. The van der Waals surface area contributed by atoms with Crippen molar-refractivity contribution < 1.29 is 23.1 Å². The highest BCUT2D eigenvalue weighted by atomic mass is 35.5. The van der Waals surface area contributed by atoms with E-state index >= 15 is 0 Å². The molecule has 3 aromatic heterocycles. The molecule has 1 saturated heterocycles. The molecule has 1 saturated carbocycles. The Morgan fingerprint density at radius 2 is 1.91 bits per heavy atom. The third-order valence-corrected chi connectivity index (χ3v) is 8.65. The molecule has 1 aliphatic heterocycles. The largest absolute Gasteiger partial charge is 0.389 e. The third kappa shape index (κ3) is 6.49. The van der Waals surface area contributed by atoms with Crippen molar-refractivity contribution in [3.63, 3.8) is 0 Å². The zero-order valence-electron chi connectivity index (χ0n) is 24.5. The van der Waals surface area contributed by atoms with E-state index in [4.69, 9.17) is 11.6 Å². The number of carbonyl (C=O) groups is 1. The Morgan fingerprint density at radius 3 is 2.58 bits per heavy atom. The summed E-state index contributed by atoms with van der Waals surface area (Å²) in [5, 5.41) is 20.2. The maximum atomic E-state index is 14.7. The Hall–Kier alpha value is -4.14. The van der Waals surface area contributed by atoms with Crippen LogP contribution in [0.15, 0.2) is 49.3 Å². The van der Waals surface area contributed by atoms with Gasteiger partial charge in [0.15, 0.2) is 5.82 Å². The van der Waals surface area contributed by atoms with Gasteiger partial charge in [-0.2, -0.15) is 5.10 Å². The molecule has 11 nitrogen and oxygen atoms in total. The van der Waals surface area contributed by atoms with E-state index in [1.165, 1.54) is 6.20 Å². The summed E-state index contributed by atoms with van der Waals surface area (Å²) in [6, 6.07) is 2.21. The number of rotatable bonds is 11. The molecule has 2 aliphatic rings. The van der Waals surface area contributed by atoms with Crippen LogP contribution in [-0.4, -0.2) is 71.5 Å². The predicted octanol–water partition coefficient (Wildman–Crippen LogP) is 4.80. The van der Waals surface area contributed by atoms with Crippen molar-refractivity contribution in [3.05, 3.63) is 77.0 Å². The molecule has 1 aliphatic carbocycles. The molecule has 3 atom stereocenters. The number of halogens is 4. The molecule has 1 aromatic carbocycles. The molecule has 2 fully saturated rings. The SMILES string of the molecule is CC(c1cnc(N2CC[C@H]2[C@@H](C)NCC2(O)CC2)nc1)n1cc(NC(=O)c2cncc(-c3c(C(F)F)ccc(Cl)c3F)n2)cn1. The molecule has 4 heterocycles. The summed E-state index contributed by atoms with van der Waals surface area (Å²) in [7, 11) is 0. The highest BCUT2D eigenvalue weighted by molar-refractivity contribution is 6.31. The van der Waals surface area contributed by atoms with Crippen LogP contribution in [0.2, 0.25) is 5.02 Å². The van der Waals surface area contributed by atoms with Gasteiger partial charge in [-0.15, -0.1) is 0 Å². The minimum atomic E-state index is -2.99. The van der Waals surface area contributed by atoms with Crippen LogP contribution in [0.5, 0.6) is 0 Å². The lowest BCUT2D eigenvalue weighted by atomic mass is 9.96. The first-order valence-corrected chi connectivity index (χ1v) is 14.9. The van der Waals surface area contributed by atoms with Gasteiger partial charge in [-0.3, -0.25) is 14.5 Å². The molecule has 6 rings (SSSR count). The lowest BCUT2D eigenvalue weighted by Crippen LogP contribution is -2.59. The van der Waals surface area contributed by atoms with E-state index in [0.29, 0.717) is 18.2 Å². The second kappa shape index (κ2) is 12.3. The number of nitrogens with one attached hydrogen (secondary N) is 2. The number of hydrogen-bond acceptors (Lipinski definition) is 9. The van der Waals surface area contributed by atoms with Crippen molar-refractivity contribution in [2.75, 3.05) is 23.3 Å². The number of hydrogen-bond donors (Lipinski definition) is 3. The molecule has 236 valence electrons. The van der Waals surface area contributed by atoms with Crippen LogP contribution in [0.25, 0.3) is 11.3 Å². The van der Waals surface area contributed by atoms with Gasteiger partial charge in [-0.05, 0) is 39.2 Å². The Labute approximate surface area is 261 Å². The molecule has 3 N–H and O–H groups in total. The van der Waals surface area contributed by atoms with Gasteiger partial charge in [0.2, 0.25) is 5.95 Å².